The van der Waals surface area contributed by atoms with Gasteiger partial charge in [-0.25, -0.2) is 0 Å². The zero-order valence-electron chi connectivity index (χ0n) is 2.33. The van der Waals surface area contributed by atoms with E-state index >= 15 is 0 Å². The molecule has 0 saturated heterocycles. The normalized spacial score (nSPS) is 0. The number of rotatable bonds is 0. The minimum atomic E-state index is 0. The molecule has 0 saturated carbocycles. The van der Waals surface area contributed by atoms with E-state index < -0.39 is 0 Å². The fourth-order valence-corrected chi connectivity index (χ4v) is 0. The van der Waals surface area contributed by atoms with Crippen molar-refractivity contribution in [2.45, 2.75) is 0 Å². The fraction of sp³-hybridized carbons (Fsp3) is 0. The Morgan fingerprint density at radius 1 is 1.00 bits per heavy atom. The first-order valence-corrected chi connectivity index (χ1v) is 0. The van der Waals surface area contributed by atoms with Gasteiger partial charge in [-0.05, 0) is 0 Å². The largest absolute Gasteiger partial charge is 0.870 e. The van der Waals surface area contributed by atoms with Crippen molar-refractivity contribution >= 4 is 23.1 Å². The van der Waals surface area contributed by atoms with Gasteiger partial charge in [-0.15, -0.1) is 0 Å². The van der Waals surface area contributed by atoms with Gasteiger partial charge < -0.3 is 5.48 Å². The Kier molecular flexibility index (Phi) is 172. The second-order valence-corrected chi connectivity index (χ2v) is 0. The van der Waals surface area contributed by atoms with Crippen LogP contribution in [-0.2, 0) is 43.3 Å². The molecule has 0 unspecified atom stereocenters. The minimum absolute atomic E-state index is 0. The predicted molar refractivity (Wildman–Crippen MR) is 9.08 cm³/mol. The van der Waals surface area contributed by atoms with Gasteiger partial charge in [0, 0.05) is 43.3 Å². The van der Waals surface area contributed by atoms with Gasteiger partial charge in [0.1, 0.15) is 0 Å². The maximum atomic E-state index is 0. The van der Waals surface area contributed by atoms with Gasteiger partial charge in [-0.3, -0.25) is 0 Å². The SMILES string of the molecule is [MgH+].[Mn].[OH-].[Zr]. The van der Waals surface area contributed by atoms with E-state index in [-0.39, 0.29) is 71.8 Å². The molecule has 0 aromatic carbocycles. The molecule has 0 aliphatic heterocycles. The van der Waals surface area contributed by atoms with Crippen LogP contribution in [0.2, 0.25) is 0 Å². The first-order chi connectivity index (χ1) is 0. The molecule has 21 valence electrons. The molecule has 4 heavy (non-hydrogen) atoms. The molecule has 0 aliphatic rings. The fourth-order valence-electron chi connectivity index (χ4n) is 0. The second-order valence-electron chi connectivity index (χ2n) is 0. The van der Waals surface area contributed by atoms with Gasteiger partial charge in [-0.1, -0.05) is 0 Å². The van der Waals surface area contributed by atoms with Crippen LogP contribution in [-0.4, -0.2) is 28.5 Å². The summed E-state index contributed by atoms with van der Waals surface area (Å²) >= 11 is 0. The van der Waals surface area contributed by atoms with Crippen LogP contribution in [0.15, 0.2) is 0 Å². The summed E-state index contributed by atoms with van der Waals surface area (Å²) in [4.78, 5) is 0. The van der Waals surface area contributed by atoms with E-state index in [0.717, 1.165) is 0 Å². The van der Waals surface area contributed by atoms with Gasteiger partial charge in [0.2, 0.25) is 0 Å². The zero-order chi connectivity index (χ0) is 0. The molecular formula is H2MgMnOZr. The summed E-state index contributed by atoms with van der Waals surface area (Å²) in [5.74, 6) is 0. The topological polar surface area (TPSA) is 30.0 Å². The van der Waals surface area contributed by atoms with Crippen molar-refractivity contribution in [3.63, 3.8) is 0 Å². The summed E-state index contributed by atoms with van der Waals surface area (Å²) in [6.45, 7) is 0. The van der Waals surface area contributed by atoms with Crippen LogP contribution in [0, 0.1) is 0 Å². The summed E-state index contributed by atoms with van der Waals surface area (Å²) < 4.78 is 0. The molecule has 0 atom stereocenters. The maximum absolute atomic E-state index is 0. The molecule has 0 heterocycles. The van der Waals surface area contributed by atoms with Crippen molar-refractivity contribution in [1.29, 1.82) is 0 Å². The maximum Gasteiger partial charge on any atom is 0 e. The first-order valence-electron chi connectivity index (χ1n) is 0. The Balaban J connectivity index is 0. The summed E-state index contributed by atoms with van der Waals surface area (Å²) in [7, 11) is 0. The summed E-state index contributed by atoms with van der Waals surface area (Å²) in [6.07, 6.45) is 0. The standard InChI is InChI=1S/Mg.Mn.H2O.Zr.H/h;;1H2;;/q+1;;;;/p-1. The molecule has 0 aromatic rings. The Bertz CT molecular complexity index is 8.00. The van der Waals surface area contributed by atoms with Crippen LogP contribution in [0.3, 0.4) is 0 Å². The van der Waals surface area contributed by atoms with Crippen LogP contribution in [0.25, 0.3) is 0 Å². The van der Waals surface area contributed by atoms with Crippen molar-refractivity contribution in [3.05, 3.63) is 0 Å². The van der Waals surface area contributed by atoms with Gasteiger partial charge in [0.15, 0.2) is 0 Å². The van der Waals surface area contributed by atoms with Crippen molar-refractivity contribution in [1.82, 2.24) is 0 Å². The first kappa shape index (κ1) is 35.6. The second kappa shape index (κ2) is 19.3. The third kappa shape index (κ3) is 8.92. The van der Waals surface area contributed by atoms with Crippen LogP contribution in [0.1, 0.15) is 0 Å². The van der Waals surface area contributed by atoms with Crippen LogP contribution in [0.5, 0.6) is 0 Å². The molecule has 0 aromatic heterocycles. The van der Waals surface area contributed by atoms with E-state index in [1.807, 2.05) is 0 Å². The summed E-state index contributed by atoms with van der Waals surface area (Å²) in [6, 6.07) is 0. The predicted octanol–water partition coefficient (Wildman–Crippen LogP) is -0.830. The number of hydrogen-bond acceptors (Lipinski definition) is 1. The van der Waals surface area contributed by atoms with E-state index in [9.17, 15) is 0 Å². The minimum Gasteiger partial charge on any atom is -0.870 e. The molecule has 0 spiro atoms. The van der Waals surface area contributed by atoms with E-state index in [1.165, 1.54) is 0 Å². The molecule has 0 amide bonds. The molecule has 1 N–H and O–H groups in total. The van der Waals surface area contributed by atoms with Crippen molar-refractivity contribution < 1.29 is 48.7 Å². The van der Waals surface area contributed by atoms with E-state index in [1.54, 1.807) is 0 Å². The Morgan fingerprint density at radius 3 is 1.00 bits per heavy atom. The Labute approximate surface area is 71.0 Å². The van der Waals surface area contributed by atoms with Crippen LogP contribution >= 0.6 is 0 Å². The van der Waals surface area contributed by atoms with Crippen LogP contribution < -0.4 is 0 Å². The molecule has 1 radical (unpaired) electrons. The summed E-state index contributed by atoms with van der Waals surface area (Å²) in [5, 5.41) is 0. The van der Waals surface area contributed by atoms with Crippen molar-refractivity contribution in [3.8, 4) is 0 Å². The molecular weight excluding hydrogens is 186 g/mol. The monoisotopic (exact) mass is 187 g/mol. The zero-order valence-corrected chi connectivity index (χ0v) is 7.96. The average Bonchev–Trinajstić information content (AvgIpc) is 0. The van der Waals surface area contributed by atoms with E-state index in [2.05, 4.69) is 0 Å². The van der Waals surface area contributed by atoms with E-state index in [0.29, 0.717) is 0 Å². The van der Waals surface area contributed by atoms with E-state index in [4.69, 9.17) is 0 Å². The molecule has 0 bridgehead atoms. The molecule has 0 aliphatic carbocycles. The molecule has 0 fully saturated rings. The van der Waals surface area contributed by atoms with Gasteiger partial charge in [0.05, 0.1) is 0 Å². The van der Waals surface area contributed by atoms with Crippen molar-refractivity contribution in [2.24, 2.45) is 0 Å². The third-order valence-electron chi connectivity index (χ3n) is 0. The van der Waals surface area contributed by atoms with Gasteiger partial charge in [-0.2, -0.15) is 0 Å². The van der Waals surface area contributed by atoms with Gasteiger partial charge >= 0.3 is 23.1 Å². The quantitative estimate of drug-likeness (QED) is 0.457. The van der Waals surface area contributed by atoms with Crippen LogP contribution in [0.4, 0.5) is 0 Å². The number of hydrogen-bond donors (Lipinski definition) is 0. The molecule has 4 heteroatoms. The smallest absolute Gasteiger partial charge is 0 e. The Hall–Kier alpha value is 2.13. The molecule has 1 nitrogen and oxygen atoms in total. The summed E-state index contributed by atoms with van der Waals surface area (Å²) in [5.41, 5.74) is 0. The van der Waals surface area contributed by atoms with Crippen molar-refractivity contribution in [2.75, 3.05) is 0 Å². The average molecular weight is 188 g/mol. The van der Waals surface area contributed by atoms with Gasteiger partial charge in [0.25, 0.3) is 0 Å². The molecule has 0 rings (SSSR count). The third-order valence-corrected chi connectivity index (χ3v) is 0. The Morgan fingerprint density at radius 2 is 1.00 bits per heavy atom.